The van der Waals surface area contributed by atoms with Gasteiger partial charge in [0.2, 0.25) is 0 Å². The summed E-state index contributed by atoms with van der Waals surface area (Å²) in [5.41, 5.74) is 1.10. The first-order valence-corrected chi connectivity index (χ1v) is 8.36. The summed E-state index contributed by atoms with van der Waals surface area (Å²) in [5, 5.41) is 10.3. The van der Waals surface area contributed by atoms with Crippen LogP contribution in [0.4, 0.5) is 0 Å². The van der Waals surface area contributed by atoms with Gasteiger partial charge in [-0.05, 0) is 29.8 Å². The van der Waals surface area contributed by atoms with E-state index in [2.05, 4.69) is 4.90 Å². The number of furan rings is 2. The number of aliphatic hydroxyl groups is 1. The first-order valence-electron chi connectivity index (χ1n) is 8.36. The molecule has 3 rings (SSSR count). The van der Waals surface area contributed by atoms with E-state index >= 15 is 0 Å². The summed E-state index contributed by atoms with van der Waals surface area (Å²) in [6, 6.07) is 17.5. The Hall–Kier alpha value is -2.34. The maximum atomic E-state index is 10.3. The zero-order valence-electron chi connectivity index (χ0n) is 14.1. The maximum absolute atomic E-state index is 10.3. The Bertz CT molecular complexity index is 658. The summed E-state index contributed by atoms with van der Waals surface area (Å²) >= 11 is 0. The van der Waals surface area contributed by atoms with Crippen molar-refractivity contribution >= 4 is 0 Å². The van der Waals surface area contributed by atoms with Crippen molar-refractivity contribution in [2.45, 2.75) is 25.8 Å². The van der Waals surface area contributed by atoms with Crippen molar-refractivity contribution in [3.05, 3.63) is 84.2 Å². The van der Waals surface area contributed by atoms with Crippen LogP contribution in [-0.2, 0) is 24.4 Å². The second-order valence-electron chi connectivity index (χ2n) is 5.98. The number of hydrogen-bond donors (Lipinski definition) is 1. The van der Waals surface area contributed by atoms with Crippen molar-refractivity contribution < 1.29 is 18.7 Å². The topological polar surface area (TPSA) is 59.0 Å². The molecule has 0 spiro atoms. The molecule has 0 unspecified atom stereocenters. The molecule has 2 heterocycles. The van der Waals surface area contributed by atoms with Crippen LogP contribution in [0, 0.1) is 0 Å². The van der Waals surface area contributed by atoms with Gasteiger partial charge in [0, 0.05) is 6.54 Å². The molecule has 25 heavy (non-hydrogen) atoms. The van der Waals surface area contributed by atoms with E-state index in [1.807, 2.05) is 54.6 Å². The van der Waals surface area contributed by atoms with Gasteiger partial charge in [-0.3, -0.25) is 4.90 Å². The van der Waals surface area contributed by atoms with Crippen LogP contribution in [-0.4, -0.2) is 29.3 Å². The van der Waals surface area contributed by atoms with Gasteiger partial charge in [-0.2, -0.15) is 0 Å². The third kappa shape index (κ3) is 5.90. The molecule has 0 radical (unpaired) electrons. The molecule has 0 bridgehead atoms. The van der Waals surface area contributed by atoms with Crippen molar-refractivity contribution in [3.8, 4) is 0 Å². The smallest absolute Gasteiger partial charge is 0.117 e. The number of nitrogens with zero attached hydrogens (tertiary/aromatic N) is 1. The Morgan fingerprint density at radius 1 is 0.880 bits per heavy atom. The molecule has 0 fully saturated rings. The molecular formula is C20H23NO4. The van der Waals surface area contributed by atoms with Crippen molar-refractivity contribution in [2.24, 2.45) is 0 Å². The SMILES string of the molecule is O[C@@H](COCc1ccccc1)CN(Cc1ccco1)Cc1ccco1. The highest BCUT2D eigenvalue weighted by molar-refractivity contribution is 5.13. The van der Waals surface area contributed by atoms with Crippen LogP contribution in [0.25, 0.3) is 0 Å². The van der Waals surface area contributed by atoms with Crippen LogP contribution in [0.5, 0.6) is 0 Å². The third-order valence-corrected chi connectivity index (χ3v) is 3.81. The summed E-state index contributed by atoms with van der Waals surface area (Å²) in [7, 11) is 0. The molecular weight excluding hydrogens is 318 g/mol. The average Bonchev–Trinajstić information content (AvgIpc) is 3.30. The van der Waals surface area contributed by atoms with E-state index in [1.54, 1.807) is 12.5 Å². The lowest BCUT2D eigenvalue weighted by Crippen LogP contribution is -2.34. The summed E-state index contributed by atoms with van der Waals surface area (Å²) in [5.74, 6) is 1.70. The van der Waals surface area contributed by atoms with E-state index in [4.69, 9.17) is 13.6 Å². The van der Waals surface area contributed by atoms with E-state index in [9.17, 15) is 5.11 Å². The van der Waals surface area contributed by atoms with Crippen LogP contribution in [0.3, 0.4) is 0 Å². The van der Waals surface area contributed by atoms with Gasteiger partial charge in [0.05, 0.1) is 44.9 Å². The highest BCUT2D eigenvalue weighted by Gasteiger charge is 2.15. The fourth-order valence-corrected chi connectivity index (χ4v) is 2.67. The van der Waals surface area contributed by atoms with E-state index in [0.29, 0.717) is 26.2 Å². The Labute approximate surface area is 147 Å². The monoisotopic (exact) mass is 341 g/mol. The van der Waals surface area contributed by atoms with Gasteiger partial charge < -0.3 is 18.7 Å². The molecule has 132 valence electrons. The number of benzene rings is 1. The third-order valence-electron chi connectivity index (χ3n) is 3.81. The number of hydrogen-bond acceptors (Lipinski definition) is 5. The molecule has 0 aliphatic rings. The predicted octanol–water partition coefficient (Wildman–Crippen LogP) is 3.45. The number of ether oxygens (including phenoxy) is 1. The predicted molar refractivity (Wildman–Crippen MR) is 93.6 cm³/mol. The molecule has 3 aromatic rings. The summed E-state index contributed by atoms with van der Waals surface area (Å²) < 4.78 is 16.5. The average molecular weight is 341 g/mol. The van der Waals surface area contributed by atoms with Gasteiger partial charge in [0.25, 0.3) is 0 Å². The molecule has 0 amide bonds. The lowest BCUT2D eigenvalue weighted by Gasteiger charge is -2.23. The highest BCUT2D eigenvalue weighted by atomic mass is 16.5. The second-order valence-corrected chi connectivity index (χ2v) is 5.98. The Balaban J connectivity index is 1.49. The van der Waals surface area contributed by atoms with Crippen LogP contribution in [0.15, 0.2) is 76.0 Å². The van der Waals surface area contributed by atoms with Crippen molar-refractivity contribution in [1.29, 1.82) is 0 Å². The molecule has 2 aromatic heterocycles. The Morgan fingerprint density at radius 3 is 2.08 bits per heavy atom. The number of rotatable bonds is 10. The molecule has 0 aliphatic heterocycles. The highest BCUT2D eigenvalue weighted by Crippen LogP contribution is 2.12. The summed E-state index contributed by atoms with van der Waals surface area (Å²) in [6.07, 6.45) is 2.72. The molecule has 1 aromatic carbocycles. The lowest BCUT2D eigenvalue weighted by atomic mass is 10.2. The lowest BCUT2D eigenvalue weighted by molar-refractivity contribution is 0.00510. The molecule has 5 nitrogen and oxygen atoms in total. The number of aliphatic hydroxyl groups excluding tert-OH is 1. The molecule has 0 saturated heterocycles. The van der Waals surface area contributed by atoms with Crippen LogP contribution < -0.4 is 0 Å². The minimum Gasteiger partial charge on any atom is -0.468 e. The molecule has 0 saturated carbocycles. The van der Waals surface area contributed by atoms with Gasteiger partial charge in [0.15, 0.2) is 0 Å². The second kappa shape index (κ2) is 9.22. The minimum absolute atomic E-state index is 0.279. The van der Waals surface area contributed by atoms with E-state index < -0.39 is 6.10 Å². The van der Waals surface area contributed by atoms with Gasteiger partial charge >= 0.3 is 0 Å². The van der Waals surface area contributed by atoms with Crippen LogP contribution in [0.2, 0.25) is 0 Å². The van der Waals surface area contributed by atoms with Crippen molar-refractivity contribution in [3.63, 3.8) is 0 Å². The van der Waals surface area contributed by atoms with Gasteiger partial charge in [0.1, 0.15) is 11.5 Å². The molecule has 1 atom stereocenters. The zero-order chi connectivity index (χ0) is 17.3. The van der Waals surface area contributed by atoms with Gasteiger partial charge in [-0.1, -0.05) is 30.3 Å². The first-order chi connectivity index (χ1) is 12.3. The minimum atomic E-state index is -0.589. The van der Waals surface area contributed by atoms with E-state index in [0.717, 1.165) is 17.1 Å². The molecule has 5 heteroatoms. The van der Waals surface area contributed by atoms with Crippen LogP contribution in [0.1, 0.15) is 17.1 Å². The van der Waals surface area contributed by atoms with Gasteiger partial charge in [-0.25, -0.2) is 0 Å². The van der Waals surface area contributed by atoms with Gasteiger partial charge in [-0.15, -0.1) is 0 Å². The fraction of sp³-hybridized carbons (Fsp3) is 0.300. The fourth-order valence-electron chi connectivity index (χ4n) is 2.67. The van der Waals surface area contributed by atoms with Crippen molar-refractivity contribution in [1.82, 2.24) is 4.90 Å². The quantitative estimate of drug-likeness (QED) is 0.612. The molecule has 1 N–H and O–H groups in total. The van der Waals surface area contributed by atoms with Crippen LogP contribution >= 0.6 is 0 Å². The zero-order valence-corrected chi connectivity index (χ0v) is 14.1. The normalized spacial score (nSPS) is 12.6. The van der Waals surface area contributed by atoms with E-state index in [1.165, 1.54) is 0 Å². The van der Waals surface area contributed by atoms with E-state index in [-0.39, 0.29) is 6.61 Å². The Morgan fingerprint density at radius 2 is 1.52 bits per heavy atom. The summed E-state index contributed by atoms with van der Waals surface area (Å²) in [6.45, 7) is 2.44. The Kier molecular flexibility index (Phi) is 6.45. The summed E-state index contributed by atoms with van der Waals surface area (Å²) in [4.78, 5) is 2.08. The molecule has 0 aliphatic carbocycles. The standard InChI is InChI=1S/C20H23NO4/c22-18(16-23-15-17-6-2-1-3-7-17)12-21(13-19-8-4-10-24-19)14-20-9-5-11-25-20/h1-11,18,22H,12-16H2/t18-/m1/s1. The largest absolute Gasteiger partial charge is 0.468 e. The van der Waals surface area contributed by atoms with Crippen molar-refractivity contribution in [2.75, 3.05) is 13.2 Å². The first kappa shape index (κ1) is 17.5. The maximum Gasteiger partial charge on any atom is 0.117 e.